The van der Waals surface area contributed by atoms with Crippen LogP contribution in [0.5, 0.6) is 23.0 Å². The van der Waals surface area contributed by atoms with Crippen molar-refractivity contribution in [1.82, 2.24) is 0 Å². The molecule has 2 N–H and O–H groups in total. The SMILES string of the molecule is O=C(OCc1cc2c(cc1Br)OCO2)c1ccc(O)cc1O. The molecule has 6 nitrogen and oxygen atoms in total. The van der Waals surface area contributed by atoms with Crippen molar-refractivity contribution in [2.45, 2.75) is 6.61 Å². The minimum absolute atomic E-state index is 0.00360. The van der Waals surface area contributed by atoms with Crippen molar-refractivity contribution in [3.63, 3.8) is 0 Å². The van der Waals surface area contributed by atoms with E-state index in [1.807, 2.05) is 0 Å². The summed E-state index contributed by atoms with van der Waals surface area (Å²) in [6, 6.07) is 7.13. The molecule has 0 unspecified atom stereocenters. The Hall–Kier alpha value is -2.41. The standard InChI is InChI=1S/C15H11BrO6/c16-11-5-14-13(21-7-22-14)3-8(11)6-20-15(19)10-2-1-9(17)4-12(10)18/h1-5,17-18H,6-7H2. The van der Waals surface area contributed by atoms with Crippen molar-refractivity contribution in [2.75, 3.05) is 6.79 Å². The number of carbonyl (C=O) groups excluding carboxylic acids is 1. The molecule has 2 aromatic carbocycles. The van der Waals surface area contributed by atoms with E-state index >= 15 is 0 Å². The molecular formula is C15H11BrO6. The van der Waals surface area contributed by atoms with Crippen LogP contribution in [0.25, 0.3) is 0 Å². The van der Waals surface area contributed by atoms with E-state index in [2.05, 4.69) is 15.9 Å². The molecule has 1 aliphatic heterocycles. The molecule has 1 heterocycles. The Balaban J connectivity index is 1.74. The summed E-state index contributed by atoms with van der Waals surface area (Å²) in [6.07, 6.45) is 0. The monoisotopic (exact) mass is 366 g/mol. The molecule has 7 heteroatoms. The predicted octanol–water partition coefficient (Wildman–Crippen LogP) is 2.95. The maximum atomic E-state index is 12.0. The molecule has 0 radical (unpaired) electrons. The third kappa shape index (κ3) is 2.80. The average molecular weight is 367 g/mol. The fourth-order valence-corrected chi connectivity index (χ4v) is 2.42. The first-order valence-corrected chi connectivity index (χ1v) is 7.11. The lowest BCUT2D eigenvalue weighted by Crippen LogP contribution is -2.06. The molecule has 2 aromatic rings. The number of hydrogen-bond acceptors (Lipinski definition) is 6. The van der Waals surface area contributed by atoms with Gasteiger partial charge in [0.25, 0.3) is 0 Å². The van der Waals surface area contributed by atoms with Crippen LogP contribution in [0.3, 0.4) is 0 Å². The molecule has 3 rings (SSSR count). The number of halogens is 1. The first-order valence-electron chi connectivity index (χ1n) is 6.32. The Morgan fingerprint density at radius 2 is 1.91 bits per heavy atom. The minimum Gasteiger partial charge on any atom is -0.508 e. The molecule has 0 saturated heterocycles. The minimum atomic E-state index is -0.693. The maximum Gasteiger partial charge on any atom is 0.342 e. The molecule has 0 atom stereocenters. The van der Waals surface area contributed by atoms with Crippen molar-refractivity contribution in [3.05, 3.63) is 45.9 Å². The Kier molecular flexibility index (Phi) is 3.81. The number of fused-ring (bicyclic) bond motifs is 1. The number of benzene rings is 2. The molecule has 0 saturated carbocycles. The third-order valence-corrected chi connectivity index (χ3v) is 3.84. The van der Waals surface area contributed by atoms with E-state index in [1.165, 1.54) is 12.1 Å². The van der Waals surface area contributed by atoms with Crippen molar-refractivity contribution >= 4 is 21.9 Å². The van der Waals surface area contributed by atoms with Gasteiger partial charge in [0.15, 0.2) is 11.5 Å². The molecule has 0 amide bonds. The summed E-state index contributed by atoms with van der Waals surface area (Å²) >= 11 is 3.37. The first-order chi connectivity index (χ1) is 10.5. The zero-order chi connectivity index (χ0) is 15.7. The maximum absolute atomic E-state index is 12.0. The summed E-state index contributed by atoms with van der Waals surface area (Å²) < 4.78 is 16.4. The van der Waals surface area contributed by atoms with Gasteiger partial charge in [-0.15, -0.1) is 0 Å². The number of phenols is 2. The topological polar surface area (TPSA) is 85.2 Å². The number of carbonyl (C=O) groups is 1. The van der Waals surface area contributed by atoms with Gasteiger partial charge in [-0.2, -0.15) is 0 Å². The lowest BCUT2D eigenvalue weighted by Gasteiger charge is -2.09. The van der Waals surface area contributed by atoms with Crippen LogP contribution >= 0.6 is 15.9 Å². The molecule has 0 fully saturated rings. The normalized spacial score (nSPS) is 12.2. The first kappa shape index (κ1) is 14.5. The van der Waals surface area contributed by atoms with Gasteiger partial charge in [-0.05, 0) is 24.3 Å². The Bertz CT molecular complexity index is 743. The number of esters is 1. The quantitative estimate of drug-likeness (QED) is 0.812. The van der Waals surface area contributed by atoms with Crippen LogP contribution in [0, 0.1) is 0 Å². The Labute approximate surface area is 134 Å². The summed E-state index contributed by atoms with van der Waals surface area (Å²) in [5.41, 5.74) is 0.686. The Morgan fingerprint density at radius 3 is 2.64 bits per heavy atom. The van der Waals surface area contributed by atoms with Gasteiger partial charge >= 0.3 is 5.97 Å². The highest BCUT2D eigenvalue weighted by molar-refractivity contribution is 9.10. The van der Waals surface area contributed by atoms with Crippen LogP contribution in [0.4, 0.5) is 0 Å². The third-order valence-electron chi connectivity index (χ3n) is 3.10. The highest BCUT2D eigenvalue weighted by atomic mass is 79.9. The molecular weight excluding hydrogens is 356 g/mol. The van der Waals surface area contributed by atoms with E-state index in [4.69, 9.17) is 14.2 Å². The van der Waals surface area contributed by atoms with Gasteiger partial charge < -0.3 is 24.4 Å². The predicted molar refractivity (Wildman–Crippen MR) is 79.2 cm³/mol. The number of rotatable bonds is 3. The van der Waals surface area contributed by atoms with E-state index in [1.54, 1.807) is 12.1 Å². The number of phenolic OH excluding ortho intramolecular Hbond substituents is 2. The molecule has 0 aliphatic carbocycles. The van der Waals surface area contributed by atoms with Crippen molar-refractivity contribution < 1.29 is 29.2 Å². The largest absolute Gasteiger partial charge is 0.508 e. The van der Waals surface area contributed by atoms with Gasteiger partial charge in [-0.1, -0.05) is 15.9 Å². The van der Waals surface area contributed by atoms with Crippen LogP contribution < -0.4 is 9.47 Å². The van der Waals surface area contributed by atoms with Crippen LogP contribution in [0.2, 0.25) is 0 Å². The van der Waals surface area contributed by atoms with Gasteiger partial charge in [0.2, 0.25) is 6.79 Å². The van der Waals surface area contributed by atoms with Crippen LogP contribution in [0.1, 0.15) is 15.9 Å². The van der Waals surface area contributed by atoms with Crippen molar-refractivity contribution in [1.29, 1.82) is 0 Å². The average Bonchev–Trinajstić information content (AvgIpc) is 2.91. The van der Waals surface area contributed by atoms with Gasteiger partial charge in [-0.3, -0.25) is 0 Å². The van der Waals surface area contributed by atoms with Gasteiger partial charge in [0, 0.05) is 16.1 Å². The Morgan fingerprint density at radius 1 is 1.18 bits per heavy atom. The highest BCUT2D eigenvalue weighted by Crippen LogP contribution is 2.37. The summed E-state index contributed by atoms with van der Waals surface area (Å²) in [4.78, 5) is 12.0. The molecule has 0 aromatic heterocycles. The van der Waals surface area contributed by atoms with Crippen LogP contribution in [-0.2, 0) is 11.3 Å². The molecule has 22 heavy (non-hydrogen) atoms. The summed E-state index contributed by atoms with van der Waals surface area (Å²) in [6.45, 7) is 0.156. The second kappa shape index (κ2) is 5.76. The molecule has 1 aliphatic rings. The molecule has 0 spiro atoms. The molecule has 114 valence electrons. The fraction of sp³-hybridized carbons (Fsp3) is 0.133. The second-order valence-corrected chi connectivity index (χ2v) is 5.43. The lowest BCUT2D eigenvalue weighted by molar-refractivity contribution is 0.0468. The smallest absolute Gasteiger partial charge is 0.342 e. The van der Waals surface area contributed by atoms with E-state index in [-0.39, 0.29) is 30.5 Å². The number of hydrogen-bond donors (Lipinski definition) is 2. The number of ether oxygens (including phenoxy) is 3. The van der Waals surface area contributed by atoms with Crippen molar-refractivity contribution in [3.8, 4) is 23.0 Å². The zero-order valence-corrected chi connectivity index (χ0v) is 12.8. The summed E-state index contributed by atoms with van der Waals surface area (Å²) in [7, 11) is 0. The van der Waals surface area contributed by atoms with E-state index in [0.29, 0.717) is 17.1 Å². The van der Waals surface area contributed by atoms with Gasteiger partial charge in [-0.25, -0.2) is 4.79 Å². The van der Waals surface area contributed by atoms with Crippen molar-refractivity contribution in [2.24, 2.45) is 0 Å². The second-order valence-electron chi connectivity index (χ2n) is 4.57. The number of aromatic hydroxyl groups is 2. The van der Waals surface area contributed by atoms with E-state index in [0.717, 1.165) is 10.5 Å². The zero-order valence-electron chi connectivity index (χ0n) is 11.2. The van der Waals surface area contributed by atoms with Gasteiger partial charge in [0.05, 0.1) is 0 Å². The highest BCUT2D eigenvalue weighted by Gasteiger charge is 2.18. The summed E-state index contributed by atoms with van der Waals surface area (Å²) in [5.74, 6) is 0.0456. The van der Waals surface area contributed by atoms with Crippen LogP contribution in [0.15, 0.2) is 34.8 Å². The van der Waals surface area contributed by atoms with E-state index < -0.39 is 5.97 Å². The lowest BCUT2D eigenvalue weighted by atomic mass is 10.2. The summed E-state index contributed by atoms with van der Waals surface area (Å²) in [5, 5.41) is 18.8. The molecule has 0 bridgehead atoms. The van der Waals surface area contributed by atoms with Crippen LogP contribution in [-0.4, -0.2) is 23.0 Å². The fourth-order valence-electron chi connectivity index (χ4n) is 1.98. The van der Waals surface area contributed by atoms with Gasteiger partial charge in [0.1, 0.15) is 23.7 Å². The van der Waals surface area contributed by atoms with E-state index in [9.17, 15) is 15.0 Å².